The lowest BCUT2D eigenvalue weighted by Crippen LogP contribution is -2.52. The second kappa shape index (κ2) is 16.6. The predicted molar refractivity (Wildman–Crippen MR) is 159 cm³/mol. The number of nitrogens with two attached hydrogens (primary N) is 1. The SMILES string of the molecule is CS(=O)(=O)N1CCN([C@H]2C[C@@H](C(=O)Nc3ccc(C(=O)O)cc3)N(C(=O)c3ccc(C(=N)N)cc3)C2)CC1.O.O.O.O.O. The van der Waals surface area contributed by atoms with Gasteiger partial charge in [-0.1, -0.05) is 12.1 Å². The molecule has 2 fully saturated rings. The quantitative estimate of drug-likeness (QED) is 0.174. The first-order chi connectivity index (χ1) is 17.9. The molecule has 0 saturated carbocycles. The van der Waals surface area contributed by atoms with Crippen LogP contribution in [0.25, 0.3) is 0 Å². The maximum atomic E-state index is 13.5. The number of nitrogen functional groups attached to an aromatic ring is 1. The number of amidine groups is 1. The zero-order valence-electron chi connectivity index (χ0n) is 23.3. The van der Waals surface area contributed by atoms with E-state index < -0.39 is 27.9 Å². The van der Waals surface area contributed by atoms with E-state index in [-0.39, 0.29) is 57.3 Å². The van der Waals surface area contributed by atoms with Crippen molar-refractivity contribution in [2.24, 2.45) is 5.73 Å². The molecule has 242 valence electrons. The molecule has 0 unspecified atom stereocenters. The molecule has 2 aromatic rings. The number of carbonyl (C=O) groups excluding carboxylic acids is 2. The van der Waals surface area contributed by atoms with Crippen LogP contribution >= 0.6 is 0 Å². The highest BCUT2D eigenvalue weighted by molar-refractivity contribution is 7.88. The first kappa shape index (κ1) is 41.1. The Bertz CT molecular complexity index is 1350. The third kappa shape index (κ3) is 9.49. The number of hydrogen-bond donors (Lipinski definition) is 4. The first-order valence-electron chi connectivity index (χ1n) is 12.0. The Morgan fingerprint density at radius 3 is 1.81 bits per heavy atom. The normalized spacial score (nSPS) is 18.3. The number of nitrogens with zero attached hydrogens (tertiary/aromatic N) is 3. The molecule has 15 N–H and O–H groups in total. The molecule has 17 nitrogen and oxygen atoms in total. The van der Waals surface area contributed by atoms with E-state index in [1.807, 2.05) is 0 Å². The van der Waals surface area contributed by atoms with Gasteiger partial charge < -0.3 is 48.4 Å². The molecular weight excluding hydrogens is 592 g/mol. The van der Waals surface area contributed by atoms with E-state index in [2.05, 4.69) is 10.2 Å². The van der Waals surface area contributed by atoms with Crippen molar-refractivity contribution in [3.63, 3.8) is 0 Å². The van der Waals surface area contributed by atoms with Gasteiger partial charge in [-0.15, -0.1) is 0 Å². The van der Waals surface area contributed by atoms with Gasteiger partial charge in [0.2, 0.25) is 15.9 Å². The highest BCUT2D eigenvalue weighted by atomic mass is 32.2. The maximum Gasteiger partial charge on any atom is 0.335 e. The van der Waals surface area contributed by atoms with Gasteiger partial charge in [-0.05, 0) is 42.8 Å². The highest BCUT2D eigenvalue weighted by Crippen LogP contribution is 2.27. The molecule has 18 heteroatoms. The zero-order chi connectivity index (χ0) is 27.6. The second-order valence-electron chi connectivity index (χ2n) is 9.42. The summed E-state index contributed by atoms with van der Waals surface area (Å²) in [6.07, 6.45) is 1.54. The number of benzene rings is 2. The molecule has 2 aliphatic rings. The van der Waals surface area contributed by atoms with Crippen molar-refractivity contribution in [3.05, 3.63) is 65.2 Å². The van der Waals surface area contributed by atoms with E-state index in [0.717, 1.165) is 0 Å². The predicted octanol–water partition coefficient (Wildman–Crippen LogP) is -3.66. The van der Waals surface area contributed by atoms with Gasteiger partial charge >= 0.3 is 5.97 Å². The Hall–Kier alpha value is -4.01. The zero-order valence-corrected chi connectivity index (χ0v) is 24.1. The summed E-state index contributed by atoms with van der Waals surface area (Å²) in [6.45, 7) is 1.92. The van der Waals surface area contributed by atoms with Crippen molar-refractivity contribution in [2.45, 2.75) is 18.5 Å². The second-order valence-corrected chi connectivity index (χ2v) is 11.4. The summed E-state index contributed by atoms with van der Waals surface area (Å²) in [5.74, 6) is -1.95. The number of sulfonamides is 1. The highest BCUT2D eigenvalue weighted by Gasteiger charge is 2.43. The fourth-order valence-corrected chi connectivity index (χ4v) is 5.66. The molecule has 0 spiro atoms. The Balaban J connectivity index is 0. The summed E-state index contributed by atoms with van der Waals surface area (Å²) in [5, 5.41) is 19.4. The van der Waals surface area contributed by atoms with Crippen LogP contribution in [0.5, 0.6) is 0 Å². The minimum absolute atomic E-state index is 0. The number of piperazine rings is 1. The number of nitrogens with one attached hydrogen (secondary N) is 2. The monoisotopic (exact) mass is 632 g/mol. The lowest BCUT2D eigenvalue weighted by molar-refractivity contribution is -0.119. The van der Waals surface area contributed by atoms with Crippen molar-refractivity contribution < 1.29 is 55.3 Å². The number of carbonyl (C=O) groups is 3. The van der Waals surface area contributed by atoms with Gasteiger partial charge in [0, 0.05) is 55.6 Å². The Kier molecular flexibility index (Phi) is 15.9. The van der Waals surface area contributed by atoms with Crippen molar-refractivity contribution in [1.82, 2.24) is 14.1 Å². The molecule has 0 aromatic heterocycles. The average molecular weight is 633 g/mol. The summed E-state index contributed by atoms with van der Waals surface area (Å²) < 4.78 is 25.2. The fourth-order valence-electron chi connectivity index (χ4n) is 4.83. The number of aromatic carboxylic acids is 1. The topological polar surface area (TPSA) is 335 Å². The number of amides is 2. The molecule has 2 aromatic carbocycles. The van der Waals surface area contributed by atoms with Crippen molar-refractivity contribution >= 4 is 39.3 Å². The molecule has 2 aliphatic heterocycles. The smallest absolute Gasteiger partial charge is 0.335 e. The van der Waals surface area contributed by atoms with Gasteiger partial charge in [-0.2, -0.15) is 4.31 Å². The largest absolute Gasteiger partial charge is 0.478 e. The third-order valence-electron chi connectivity index (χ3n) is 6.94. The molecule has 43 heavy (non-hydrogen) atoms. The fraction of sp³-hybridized carbons (Fsp3) is 0.360. The van der Waals surface area contributed by atoms with Crippen LogP contribution < -0.4 is 11.1 Å². The third-order valence-corrected chi connectivity index (χ3v) is 8.25. The summed E-state index contributed by atoms with van der Waals surface area (Å²) in [5.41, 5.74) is 6.83. The number of hydrogen-bond acceptors (Lipinski definition) is 7. The van der Waals surface area contributed by atoms with Crippen LogP contribution in [0.1, 0.15) is 32.7 Å². The molecule has 2 heterocycles. The Morgan fingerprint density at radius 1 is 0.860 bits per heavy atom. The van der Waals surface area contributed by atoms with E-state index in [9.17, 15) is 22.8 Å². The lowest BCUT2D eigenvalue weighted by atomic mass is 10.1. The minimum Gasteiger partial charge on any atom is -0.478 e. The summed E-state index contributed by atoms with van der Waals surface area (Å²) >= 11 is 0. The Labute approximate surface area is 248 Å². The number of anilines is 1. The van der Waals surface area contributed by atoms with E-state index in [0.29, 0.717) is 49.4 Å². The molecule has 2 amide bonds. The van der Waals surface area contributed by atoms with Crippen LogP contribution in [-0.2, 0) is 14.8 Å². The van der Waals surface area contributed by atoms with Gasteiger partial charge in [0.25, 0.3) is 5.91 Å². The minimum atomic E-state index is -3.29. The van der Waals surface area contributed by atoms with E-state index >= 15 is 0 Å². The summed E-state index contributed by atoms with van der Waals surface area (Å²) in [6, 6.07) is 11.1. The molecular formula is C25H40N6O11S. The van der Waals surface area contributed by atoms with Gasteiger partial charge in [0.05, 0.1) is 11.8 Å². The standard InChI is InChI=1S/C25H30N6O6S.5H2O/c1-38(36,37)30-12-10-29(11-13-30)20-14-21(23(32)28-19-8-6-18(7-9-19)25(34)35)31(15-20)24(33)17-4-2-16(3-5-17)22(26)27;;;;;/h2-9,20-21H,10-15H2,1H3,(H3,26,27)(H,28,32)(H,34,35);5*1H2/t20-,21-;;;;;/m0...../s1. The van der Waals surface area contributed by atoms with Crippen molar-refractivity contribution in [1.29, 1.82) is 5.41 Å². The van der Waals surface area contributed by atoms with Gasteiger partial charge in [0.15, 0.2) is 0 Å². The van der Waals surface area contributed by atoms with Crippen molar-refractivity contribution in [2.75, 3.05) is 44.3 Å². The van der Waals surface area contributed by atoms with Crippen molar-refractivity contribution in [3.8, 4) is 0 Å². The van der Waals surface area contributed by atoms with Gasteiger partial charge in [0.1, 0.15) is 11.9 Å². The van der Waals surface area contributed by atoms with E-state index in [1.54, 1.807) is 24.3 Å². The average Bonchev–Trinajstić information content (AvgIpc) is 3.34. The molecule has 4 rings (SSSR count). The van der Waals surface area contributed by atoms with Crippen LogP contribution in [0.4, 0.5) is 5.69 Å². The summed E-state index contributed by atoms with van der Waals surface area (Å²) in [4.78, 5) is 41.6. The number of carboxylic acids is 1. The van der Waals surface area contributed by atoms with Crippen LogP contribution in [-0.4, -0.2) is 130 Å². The molecule has 0 bridgehead atoms. The number of likely N-dealkylation sites (tertiary alicyclic amines) is 1. The number of rotatable bonds is 7. The molecule has 2 atom stereocenters. The maximum absolute atomic E-state index is 13.5. The Morgan fingerprint density at radius 2 is 1.35 bits per heavy atom. The van der Waals surface area contributed by atoms with Gasteiger partial charge in [-0.25, -0.2) is 13.2 Å². The van der Waals surface area contributed by atoms with E-state index in [1.165, 1.54) is 39.7 Å². The lowest BCUT2D eigenvalue weighted by Gasteiger charge is -2.36. The van der Waals surface area contributed by atoms with Gasteiger partial charge in [-0.3, -0.25) is 19.9 Å². The number of carboxylic acid groups (broad SMARTS) is 1. The summed E-state index contributed by atoms with van der Waals surface area (Å²) in [7, 11) is -3.29. The molecule has 0 radical (unpaired) electrons. The van der Waals surface area contributed by atoms with Crippen LogP contribution in [0, 0.1) is 5.41 Å². The van der Waals surface area contributed by atoms with Crippen LogP contribution in [0.15, 0.2) is 48.5 Å². The van der Waals surface area contributed by atoms with E-state index in [4.69, 9.17) is 16.2 Å². The first-order valence-corrected chi connectivity index (χ1v) is 13.9. The molecule has 2 saturated heterocycles. The van der Waals surface area contributed by atoms with Crippen LogP contribution in [0.2, 0.25) is 0 Å². The molecule has 0 aliphatic carbocycles. The van der Waals surface area contributed by atoms with Crippen LogP contribution in [0.3, 0.4) is 0 Å².